The Morgan fingerprint density at radius 2 is 2.50 bits per heavy atom. The molecule has 4 heteroatoms. The van der Waals surface area contributed by atoms with Gasteiger partial charge in [-0.1, -0.05) is 12.2 Å². The first-order chi connectivity index (χ1) is 5.79. The highest BCUT2D eigenvalue weighted by Gasteiger charge is 2.24. The Labute approximate surface area is 69.4 Å². The molecule has 2 aliphatic rings. The number of carboxylic acids is 1. The van der Waals surface area contributed by atoms with E-state index < -0.39 is 5.97 Å². The van der Waals surface area contributed by atoms with Crippen molar-refractivity contribution in [2.45, 2.75) is 0 Å². The van der Waals surface area contributed by atoms with Gasteiger partial charge in [0.1, 0.15) is 5.57 Å². The molecule has 0 unspecified atom stereocenters. The molecule has 2 rings (SSSR count). The quantitative estimate of drug-likeness (QED) is 0.582. The van der Waals surface area contributed by atoms with Crippen LogP contribution >= 0.6 is 0 Å². The van der Waals surface area contributed by atoms with Crippen molar-refractivity contribution in [1.82, 2.24) is 10.4 Å². The summed E-state index contributed by atoms with van der Waals surface area (Å²) in [5.41, 5.74) is 3.91. The summed E-state index contributed by atoms with van der Waals surface area (Å²) in [5.74, 6) is -0.897. The number of fused-ring (bicyclic) bond motifs is 1. The molecule has 0 aromatic heterocycles. The van der Waals surface area contributed by atoms with E-state index in [2.05, 4.69) is 5.43 Å². The Hall–Kier alpha value is -1.71. The molecule has 0 fully saturated rings. The molecule has 12 heavy (non-hydrogen) atoms. The van der Waals surface area contributed by atoms with Crippen molar-refractivity contribution >= 4 is 5.97 Å². The van der Waals surface area contributed by atoms with E-state index in [-0.39, 0.29) is 0 Å². The number of allylic oxidation sites excluding steroid dienone is 2. The number of nitrogens with one attached hydrogen (secondary N) is 1. The third kappa shape index (κ3) is 0.887. The maximum atomic E-state index is 10.7. The van der Waals surface area contributed by atoms with E-state index >= 15 is 0 Å². The first-order valence-corrected chi connectivity index (χ1v) is 3.63. The molecule has 0 saturated carbocycles. The summed E-state index contributed by atoms with van der Waals surface area (Å²) < 4.78 is 0. The van der Waals surface area contributed by atoms with Crippen LogP contribution in [-0.4, -0.2) is 22.6 Å². The van der Waals surface area contributed by atoms with Crippen LogP contribution in [0, 0.1) is 0 Å². The van der Waals surface area contributed by atoms with Gasteiger partial charge in [0.15, 0.2) is 0 Å². The molecule has 0 saturated heterocycles. The summed E-state index contributed by atoms with van der Waals surface area (Å²) in [6.07, 6.45) is 7.09. The SMILES string of the molecule is O=C(O)C1=CNN2CC=CC=C12. The van der Waals surface area contributed by atoms with Crippen LogP contribution in [0.4, 0.5) is 0 Å². The lowest BCUT2D eigenvalue weighted by atomic mass is 10.1. The molecule has 0 bridgehead atoms. The number of hydrogen-bond acceptors (Lipinski definition) is 3. The lowest BCUT2D eigenvalue weighted by Crippen LogP contribution is -2.30. The van der Waals surface area contributed by atoms with Crippen molar-refractivity contribution in [3.8, 4) is 0 Å². The minimum atomic E-state index is -0.897. The van der Waals surface area contributed by atoms with Gasteiger partial charge in [-0.3, -0.25) is 5.01 Å². The third-order valence-corrected chi connectivity index (χ3v) is 1.84. The summed E-state index contributed by atoms with van der Waals surface area (Å²) >= 11 is 0. The van der Waals surface area contributed by atoms with Crippen LogP contribution in [0.5, 0.6) is 0 Å². The summed E-state index contributed by atoms with van der Waals surface area (Å²) in [6, 6.07) is 0. The van der Waals surface area contributed by atoms with Gasteiger partial charge in [0.25, 0.3) is 0 Å². The van der Waals surface area contributed by atoms with Crippen LogP contribution in [0.3, 0.4) is 0 Å². The van der Waals surface area contributed by atoms with Gasteiger partial charge < -0.3 is 10.5 Å². The molecule has 2 heterocycles. The minimum Gasteiger partial charge on any atom is -0.478 e. The molecule has 0 amide bonds. The second kappa shape index (κ2) is 2.41. The maximum Gasteiger partial charge on any atom is 0.339 e. The molecular formula is C8H8N2O2. The van der Waals surface area contributed by atoms with Crippen molar-refractivity contribution in [2.75, 3.05) is 6.54 Å². The first-order valence-electron chi connectivity index (χ1n) is 3.63. The van der Waals surface area contributed by atoms with Gasteiger partial charge in [-0.25, -0.2) is 4.79 Å². The standard InChI is InChI=1S/C8H8N2O2/c11-8(12)6-5-9-10-4-2-1-3-7(6)10/h1-3,5,9H,4H2,(H,11,12). The van der Waals surface area contributed by atoms with Gasteiger partial charge in [-0.15, -0.1) is 0 Å². The van der Waals surface area contributed by atoms with E-state index in [0.29, 0.717) is 12.1 Å². The van der Waals surface area contributed by atoms with Gasteiger partial charge in [0.2, 0.25) is 0 Å². The van der Waals surface area contributed by atoms with Crippen molar-refractivity contribution in [3.63, 3.8) is 0 Å². The predicted molar refractivity (Wildman–Crippen MR) is 42.8 cm³/mol. The Morgan fingerprint density at radius 1 is 1.67 bits per heavy atom. The second-order valence-corrected chi connectivity index (χ2v) is 2.58. The normalized spacial score (nSPS) is 19.5. The average molecular weight is 164 g/mol. The topological polar surface area (TPSA) is 52.6 Å². The van der Waals surface area contributed by atoms with E-state index in [9.17, 15) is 4.79 Å². The number of carbonyl (C=O) groups is 1. The van der Waals surface area contributed by atoms with E-state index in [1.165, 1.54) is 6.20 Å². The number of aliphatic carboxylic acids is 1. The average Bonchev–Trinajstić information content (AvgIpc) is 2.47. The Morgan fingerprint density at radius 3 is 3.25 bits per heavy atom. The van der Waals surface area contributed by atoms with Gasteiger partial charge >= 0.3 is 5.97 Å². The van der Waals surface area contributed by atoms with Gasteiger partial charge in [0.05, 0.1) is 12.2 Å². The number of hydrogen-bond donors (Lipinski definition) is 2. The highest BCUT2D eigenvalue weighted by Crippen LogP contribution is 2.21. The van der Waals surface area contributed by atoms with Crippen LogP contribution in [0.25, 0.3) is 0 Å². The van der Waals surface area contributed by atoms with E-state index in [1.54, 1.807) is 11.1 Å². The zero-order valence-electron chi connectivity index (χ0n) is 6.32. The Bertz CT molecular complexity index is 315. The van der Waals surface area contributed by atoms with Crippen LogP contribution in [0.15, 0.2) is 35.7 Å². The summed E-state index contributed by atoms with van der Waals surface area (Å²) in [7, 11) is 0. The van der Waals surface area contributed by atoms with E-state index in [4.69, 9.17) is 5.11 Å². The molecule has 0 aromatic rings. The maximum absolute atomic E-state index is 10.7. The molecule has 0 radical (unpaired) electrons. The molecule has 0 aliphatic carbocycles. The third-order valence-electron chi connectivity index (χ3n) is 1.84. The summed E-state index contributed by atoms with van der Waals surface area (Å²) in [5, 5.41) is 10.5. The second-order valence-electron chi connectivity index (χ2n) is 2.58. The molecular weight excluding hydrogens is 156 g/mol. The fourth-order valence-electron chi connectivity index (χ4n) is 1.26. The molecule has 0 atom stereocenters. The smallest absolute Gasteiger partial charge is 0.339 e. The fraction of sp³-hybridized carbons (Fsp3) is 0.125. The molecule has 0 aromatic carbocycles. The summed E-state index contributed by atoms with van der Waals surface area (Å²) in [6.45, 7) is 0.707. The van der Waals surface area contributed by atoms with Gasteiger partial charge in [-0.05, 0) is 6.08 Å². The largest absolute Gasteiger partial charge is 0.478 e. The zero-order valence-corrected chi connectivity index (χ0v) is 6.32. The number of carboxylic acid groups (broad SMARTS) is 1. The van der Waals surface area contributed by atoms with Crippen molar-refractivity contribution in [1.29, 1.82) is 0 Å². The lowest BCUT2D eigenvalue weighted by molar-refractivity contribution is -0.132. The van der Waals surface area contributed by atoms with Gasteiger partial charge in [-0.2, -0.15) is 0 Å². The minimum absolute atomic E-state index is 0.319. The number of hydrazine groups is 1. The monoisotopic (exact) mass is 164 g/mol. The summed E-state index contributed by atoms with van der Waals surface area (Å²) in [4.78, 5) is 10.7. The van der Waals surface area contributed by atoms with Crippen LogP contribution < -0.4 is 5.43 Å². The lowest BCUT2D eigenvalue weighted by Gasteiger charge is -2.21. The molecule has 0 spiro atoms. The Balaban J connectivity index is 2.34. The van der Waals surface area contributed by atoms with Crippen molar-refractivity contribution in [2.24, 2.45) is 0 Å². The van der Waals surface area contributed by atoms with Crippen LogP contribution in [-0.2, 0) is 4.79 Å². The van der Waals surface area contributed by atoms with E-state index in [0.717, 1.165) is 5.70 Å². The first kappa shape index (κ1) is 6.97. The molecule has 2 N–H and O–H groups in total. The highest BCUT2D eigenvalue weighted by molar-refractivity contribution is 5.92. The van der Waals surface area contributed by atoms with Gasteiger partial charge in [0, 0.05) is 6.20 Å². The van der Waals surface area contributed by atoms with Crippen molar-refractivity contribution in [3.05, 3.63) is 35.7 Å². The Kier molecular flexibility index (Phi) is 1.40. The van der Waals surface area contributed by atoms with Crippen LogP contribution in [0.2, 0.25) is 0 Å². The fourth-order valence-corrected chi connectivity index (χ4v) is 1.26. The highest BCUT2D eigenvalue weighted by atomic mass is 16.4. The predicted octanol–water partition coefficient (Wildman–Crippen LogP) is 0.229. The number of nitrogens with zero attached hydrogens (tertiary/aromatic N) is 1. The van der Waals surface area contributed by atoms with Crippen LogP contribution in [0.1, 0.15) is 0 Å². The zero-order chi connectivity index (χ0) is 8.55. The van der Waals surface area contributed by atoms with E-state index in [1.807, 2.05) is 12.2 Å². The number of rotatable bonds is 1. The van der Waals surface area contributed by atoms with Crippen molar-refractivity contribution < 1.29 is 9.90 Å². The molecule has 62 valence electrons. The molecule has 2 aliphatic heterocycles. The molecule has 4 nitrogen and oxygen atoms in total.